The van der Waals surface area contributed by atoms with Crippen molar-refractivity contribution in [2.45, 2.75) is 44.2 Å². The summed E-state index contributed by atoms with van der Waals surface area (Å²) >= 11 is 0. The third-order valence-corrected chi connectivity index (χ3v) is 4.09. The van der Waals surface area contributed by atoms with Gasteiger partial charge in [0.2, 0.25) is 0 Å². The van der Waals surface area contributed by atoms with E-state index >= 15 is 0 Å². The molecule has 1 unspecified atom stereocenters. The third kappa shape index (κ3) is 2.93. The van der Waals surface area contributed by atoms with E-state index in [1.165, 1.54) is 0 Å². The van der Waals surface area contributed by atoms with Crippen LogP contribution < -0.4 is 5.32 Å². The van der Waals surface area contributed by atoms with Crippen LogP contribution in [0.1, 0.15) is 37.0 Å². The van der Waals surface area contributed by atoms with Gasteiger partial charge < -0.3 is 9.73 Å². The van der Waals surface area contributed by atoms with Crippen LogP contribution in [0.4, 0.5) is 4.39 Å². The van der Waals surface area contributed by atoms with E-state index in [0.29, 0.717) is 18.0 Å². The average Bonchev–Trinajstić information content (AvgIpc) is 2.87. The maximum atomic E-state index is 13.7. The number of furan rings is 1. The summed E-state index contributed by atoms with van der Waals surface area (Å²) in [7, 11) is 0. The molecule has 1 saturated carbocycles. The smallest absolute Gasteiger partial charge is 0.126 e. The van der Waals surface area contributed by atoms with E-state index < -0.39 is 0 Å². The van der Waals surface area contributed by atoms with E-state index in [-0.39, 0.29) is 5.82 Å². The fourth-order valence-corrected chi connectivity index (χ4v) is 3.01. The molecule has 1 fully saturated rings. The van der Waals surface area contributed by atoms with Crippen molar-refractivity contribution in [3.05, 3.63) is 59.8 Å². The Morgan fingerprint density at radius 3 is 2.75 bits per heavy atom. The van der Waals surface area contributed by atoms with E-state index in [1.807, 2.05) is 24.3 Å². The van der Waals surface area contributed by atoms with E-state index in [4.69, 9.17) is 4.42 Å². The predicted octanol–water partition coefficient (Wildman–Crippen LogP) is 3.89. The van der Waals surface area contributed by atoms with Gasteiger partial charge >= 0.3 is 0 Å². The first-order valence-electron chi connectivity index (χ1n) is 7.25. The maximum Gasteiger partial charge on any atom is 0.126 e. The van der Waals surface area contributed by atoms with Gasteiger partial charge in [-0.25, -0.2) is 4.39 Å². The summed E-state index contributed by atoms with van der Waals surface area (Å²) in [6, 6.07) is 11.9. The molecule has 0 saturated heterocycles. The quantitative estimate of drug-likeness (QED) is 0.894. The van der Waals surface area contributed by atoms with Crippen molar-refractivity contribution >= 4 is 0 Å². The summed E-state index contributed by atoms with van der Waals surface area (Å²) in [4.78, 5) is 0. The molecule has 1 aromatic carbocycles. The fraction of sp³-hybridized carbons (Fsp3) is 0.412. The average molecular weight is 273 g/mol. The molecule has 1 aromatic heterocycles. The minimum atomic E-state index is -0.0698. The van der Waals surface area contributed by atoms with Gasteiger partial charge in [0.05, 0.1) is 6.26 Å². The van der Waals surface area contributed by atoms with Gasteiger partial charge in [0.1, 0.15) is 11.6 Å². The van der Waals surface area contributed by atoms with Gasteiger partial charge in [-0.2, -0.15) is 0 Å². The number of hydrogen-bond donors (Lipinski definition) is 1. The van der Waals surface area contributed by atoms with E-state index in [1.54, 1.807) is 18.4 Å². The molecule has 1 aliphatic carbocycles. The van der Waals surface area contributed by atoms with Crippen LogP contribution in [0.25, 0.3) is 0 Å². The fourth-order valence-electron chi connectivity index (χ4n) is 3.01. The van der Waals surface area contributed by atoms with Crippen LogP contribution in [-0.4, -0.2) is 12.1 Å². The summed E-state index contributed by atoms with van der Waals surface area (Å²) in [5.74, 6) is 1.30. The Morgan fingerprint density at radius 2 is 2.05 bits per heavy atom. The van der Waals surface area contributed by atoms with Crippen molar-refractivity contribution in [3.63, 3.8) is 0 Å². The zero-order valence-electron chi connectivity index (χ0n) is 11.7. The first kappa shape index (κ1) is 13.4. The topological polar surface area (TPSA) is 25.2 Å². The maximum absolute atomic E-state index is 13.7. The summed E-state index contributed by atoms with van der Waals surface area (Å²) < 4.78 is 19.0. The van der Waals surface area contributed by atoms with Crippen LogP contribution in [0.3, 0.4) is 0 Å². The number of halogens is 1. The summed E-state index contributed by atoms with van der Waals surface area (Å²) in [6.07, 6.45) is 4.64. The van der Waals surface area contributed by atoms with Crippen LogP contribution in [-0.2, 0) is 6.42 Å². The molecule has 0 radical (unpaired) electrons. The van der Waals surface area contributed by atoms with Gasteiger partial charge in [0.15, 0.2) is 0 Å². The molecule has 2 aromatic rings. The number of benzene rings is 1. The lowest BCUT2D eigenvalue weighted by atomic mass is 9.75. The van der Waals surface area contributed by atoms with E-state index in [0.717, 1.165) is 30.6 Å². The predicted molar refractivity (Wildman–Crippen MR) is 77.2 cm³/mol. The Labute approximate surface area is 119 Å². The molecular weight excluding hydrogens is 253 g/mol. The second kappa shape index (κ2) is 5.80. The van der Waals surface area contributed by atoms with Crippen LogP contribution in [0, 0.1) is 5.82 Å². The highest BCUT2D eigenvalue weighted by Crippen LogP contribution is 2.38. The van der Waals surface area contributed by atoms with Gasteiger partial charge in [-0.15, -0.1) is 0 Å². The zero-order chi connectivity index (χ0) is 13.9. The Morgan fingerprint density at radius 1 is 1.25 bits per heavy atom. The van der Waals surface area contributed by atoms with Crippen LogP contribution in [0.2, 0.25) is 0 Å². The van der Waals surface area contributed by atoms with Crippen molar-refractivity contribution in [3.8, 4) is 0 Å². The molecule has 3 heteroatoms. The molecule has 1 atom stereocenters. The highest BCUT2D eigenvalue weighted by Gasteiger charge is 2.32. The molecule has 2 nitrogen and oxygen atoms in total. The summed E-state index contributed by atoms with van der Waals surface area (Å²) in [5.41, 5.74) is 0.865. The van der Waals surface area contributed by atoms with E-state index in [2.05, 4.69) is 12.2 Å². The lowest BCUT2D eigenvalue weighted by molar-refractivity contribution is 0.261. The molecule has 20 heavy (non-hydrogen) atoms. The molecule has 1 heterocycles. The van der Waals surface area contributed by atoms with Crippen molar-refractivity contribution < 1.29 is 8.81 Å². The molecule has 1 aliphatic rings. The third-order valence-electron chi connectivity index (χ3n) is 4.09. The van der Waals surface area contributed by atoms with Gasteiger partial charge in [0, 0.05) is 18.5 Å². The number of nitrogens with one attached hydrogen (secondary N) is 1. The van der Waals surface area contributed by atoms with Crippen molar-refractivity contribution in [2.75, 3.05) is 0 Å². The molecule has 106 valence electrons. The van der Waals surface area contributed by atoms with Crippen LogP contribution >= 0.6 is 0 Å². The monoisotopic (exact) mass is 273 g/mol. The normalized spacial score (nSPS) is 23.3. The van der Waals surface area contributed by atoms with Crippen molar-refractivity contribution in [1.82, 2.24) is 5.32 Å². The summed E-state index contributed by atoms with van der Waals surface area (Å²) in [6.45, 7) is 2.17. The Bertz CT molecular complexity index is 546. The number of hydrogen-bond acceptors (Lipinski definition) is 2. The zero-order valence-corrected chi connectivity index (χ0v) is 11.7. The standard InChI is InChI=1S/C17H20FNO/c1-12(9-15-5-4-8-20-15)19-14-10-13(11-14)16-6-2-3-7-17(16)18/h2-8,12-14,19H,9-11H2,1H3. The van der Waals surface area contributed by atoms with Gasteiger partial charge in [-0.05, 0) is 49.4 Å². The van der Waals surface area contributed by atoms with Gasteiger partial charge in [-0.1, -0.05) is 18.2 Å². The Kier molecular flexibility index (Phi) is 3.88. The van der Waals surface area contributed by atoms with Crippen molar-refractivity contribution in [1.29, 1.82) is 0 Å². The molecule has 0 amide bonds. The SMILES string of the molecule is CC(Cc1ccco1)NC1CC(c2ccccc2F)C1. The Hall–Kier alpha value is -1.61. The molecule has 1 N–H and O–H groups in total. The lowest BCUT2D eigenvalue weighted by Crippen LogP contribution is -2.45. The minimum Gasteiger partial charge on any atom is -0.469 e. The molecular formula is C17H20FNO. The highest BCUT2D eigenvalue weighted by atomic mass is 19.1. The van der Waals surface area contributed by atoms with Gasteiger partial charge in [0.25, 0.3) is 0 Å². The van der Waals surface area contributed by atoms with Crippen molar-refractivity contribution in [2.24, 2.45) is 0 Å². The van der Waals surface area contributed by atoms with Gasteiger partial charge in [-0.3, -0.25) is 0 Å². The van der Waals surface area contributed by atoms with Crippen LogP contribution in [0.5, 0.6) is 0 Å². The molecule has 0 bridgehead atoms. The first-order valence-corrected chi connectivity index (χ1v) is 7.25. The molecule has 0 aliphatic heterocycles. The highest BCUT2D eigenvalue weighted by molar-refractivity contribution is 5.24. The second-order valence-corrected chi connectivity index (χ2v) is 5.74. The first-order chi connectivity index (χ1) is 9.72. The number of rotatable bonds is 5. The minimum absolute atomic E-state index is 0.0698. The van der Waals surface area contributed by atoms with E-state index in [9.17, 15) is 4.39 Å². The Balaban J connectivity index is 1.47. The second-order valence-electron chi connectivity index (χ2n) is 5.74. The molecule has 3 rings (SSSR count). The van der Waals surface area contributed by atoms with Crippen LogP contribution in [0.15, 0.2) is 47.1 Å². The lowest BCUT2D eigenvalue weighted by Gasteiger charge is -2.38. The molecule has 0 spiro atoms. The summed E-state index contributed by atoms with van der Waals surface area (Å²) in [5, 5.41) is 3.59. The largest absolute Gasteiger partial charge is 0.469 e.